The first-order chi connectivity index (χ1) is 12.9. The fourth-order valence-corrected chi connectivity index (χ4v) is 5.36. The Kier molecular flexibility index (Phi) is 6.10. The molecule has 2 aromatic rings. The number of benzene rings is 2. The molecule has 0 saturated heterocycles. The molecule has 0 radical (unpaired) electrons. The summed E-state index contributed by atoms with van der Waals surface area (Å²) in [6.07, 6.45) is 15.8. The Balaban J connectivity index is 1.27. The molecule has 26 heavy (non-hydrogen) atoms. The van der Waals surface area contributed by atoms with E-state index < -0.39 is 0 Å². The van der Waals surface area contributed by atoms with Crippen LogP contribution in [0.1, 0.15) is 86.8 Å². The summed E-state index contributed by atoms with van der Waals surface area (Å²) in [6.45, 7) is 0. The topological polar surface area (TPSA) is 0 Å². The number of rotatable bonds is 5. The van der Waals surface area contributed by atoms with E-state index in [1.165, 1.54) is 75.3 Å². The lowest BCUT2D eigenvalue weighted by Gasteiger charge is -2.32. The Morgan fingerprint density at radius 2 is 1.19 bits per heavy atom. The highest BCUT2D eigenvalue weighted by molar-refractivity contribution is 5.30. The van der Waals surface area contributed by atoms with Crippen LogP contribution in [0.2, 0.25) is 0 Å². The van der Waals surface area contributed by atoms with E-state index in [1.807, 2.05) is 0 Å². The predicted molar refractivity (Wildman–Crippen MR) is 112 cm³/mol. The summed E-state index contributed by atoms with van der Waals surface area (Å²) in [5.74, 6) is 2.89. The molecule has 2 aliphatic carbocycles. The second kappa shape index (κ2) is 8.89. The van der Waals surface area contributed by atoms with Gasteiger partial charge in [-0.2, -0.15) is 0 Å². The van der Waals surface area contributed by atoms with Gasteiger partial charge >= 0.3 is 0 Å². The zero-order chi connectivity index (χ0) is 17.6. The third-order valence-electron chi connectivity index (χ3n) is 6.94. The van der Waals surface area contributed by atoms with Crippen LogP contribution < -0.4 is 0 Å². The molecule has 4 rings (SSSR count). The highest BCUT2D eigenvalue weighted by Crippen LogP contribution is 2.40. The largest absolute Gasteiger partial charge is 0.0622 e. The maximum Gasteiger partial charge on any atom is -0.00258 e. The van der Waals surface area contributed by atoms with Crippen molar-refractivity contribution in [3.8, 4) is 0 Å². The van der Waals surface area contributed by atoms with Crippen LogP contribution in [-0.2, 0) is 6.42 Å². The SMILES string of the molecule is c1ccc(Cc2ccc(C3CCC(CC4CCCCC4)CC3)cc2)cc1. The van der Waals surface area contributed by atoms with E-state index in [1.54, 1.807) is 5.56 Å². The van der Waals surface area contributed by atoms with Crippen LogP contribution >= 0.6 is 0 Å². The van der Waals surface area contributed by atoms with Crippen molar-refractivity contribution in [3.63, 3.8) is 0 Å². The average Bonchev–Trinajstić information content (AvgIpc) is 2.71. The van der Waals surface area contributed by atoms with E-state index in [9.17, 15) is 0 Å². The Morgan fingerprint density at radius 3 is 1.88 bits per heavy atom. The minimum absolute atomic E-state index is 0.809. The summed E-state index contributed by atoms with van der Waals surface area (Å²) in [5, 5.41) is 0. The van der Waals surface area contributed by atoms with Crippen molar-refractivity contribution in [1.29, 1.82) is 0 Å². The number of hydrogen-bond acceptors (Lipinski definition) is 0. The van der Waals surface area contributed by atoms with E-state index in [-0.39, 0.29) is 0 Å². The molecule has 0 nitrogen and oxygen atoms in total. The van der Waals surface area contributed by atoms with Crippen molar-refractivity contribution in [3.05, 3.63) is 71.3 Å². The fourth-order valence-electron chi connectivity index (χ4n) is 5.36. The van der Waals surface area contributed by atoms with Gasteiger partial charge in [-0.15, -0.1) is 0 Å². The Morgan fingerprint density at radius 1 is 0.577 bits per heavy atom. The molecule has 0 spiro atoms. The molecule has 138 valence electrons. The molecule has 0 atom stereocenters. The van der Waals surface area contributed by atoms with Crippen LogP contribution in [0.4, 0.5) is 0 Å². The molecule has 2 aromatic carbocycles. The molecule has 0 aliphatic heterocycles. The molecule has 2 aliphatic rings. The second-order valence-corrected chi connectivity index (χ2v) is 8.86. The molecular weight excluding hydrogens is 312 g/mol. The normalized spacial score (nSPS) is 24.5. The van der Waals surface area contributed by atoms with Gasteiger partial charge in [-0.3, -0.25) is 0 Å². The molecule has 0 heterocycles. The standard InChI is InChI=1S/C26H34/c1-3-7-21(8-4-1)19-23-11-15-25(16-12-23)26-17-13-24(14-18-26)20-22-9-5-2-6-10-22/h1,3-4,7-8,11-12,15-16,22,24,26H,2,5-6,9-10,13-14,17-20H2. The lowest BCUT2D eigenvalue weighted by Crippen LogP contribution is -2.18. The molecule has 0 unspecified atom stereocenters. The van der Waals surface area contributed by atoms with Crippen molar-refractivity contribution in [2.45, 2.75) is 76.5 Å². The first-order valence-electron chi connectivity index (χ1n) is 11.0. The van der Waals surface area contributed by atoms with E-state index in [4.69, 9.17) is 0 Å². The average molecular weight is 347 g/mol. The summed E-state index contributed by atoms with van der Waals surface area (Å²) in [4.78, 5) is 0. The zero-order valence-electron chi connectivity index (χ0n) is 16.2. The van der Waals surface area contributed by atoms with Crippen LogP contribution in [0.15, 0.2) is 54.6 Å². The van der Waals surface area contributed by atoms with E-state index in [2.05, 4.69) is 54.6 Å². The van der Waals surface area contributed by atoms with E-state index in [0.717, 1.165) is 24.2 Å². The van der Waals surface area contributed by atoms with E-state index >= 15 is 0 Å². The van der Waals surface area contributed by atoms with Crippen molar-refractivity contribution in [2.75, 3.05) is 0 Å². The van der Waals surface area contributed by atoms with Gasteiger partial charge < -0.3 is 0 Å². The van der Waals surface area contributed by atoms with Gasteiger partial charge in [0.1, 0.15) is 0 Å². The van der Waals surface area contributed by atoms with Crippen molar-refractivity contribution < 1.29 is 0 Å². The smallest absolute Gasteiger partial charge is 0.00258 e. The third-order valence-corrected chi connectivity index (χ3v) is 6.94. The number of hydrogen-bond donors (Lipinski definition) is 0. The summed E-state index contributed by atoms with van der Waals surface area (Å²) in [7, 11) is 0. The van der Waals surface area contributed by atoms with Gasteiger partial charge in [0.25, 0.3) is 0 Å². The zero-order valence-corrected chi connectivity index (χ0v) is 16.2. The predicted octanol–water partition coefficient (Wildman–Crippen LogP) is 7.52. The van der Waals surface area contributed by atoms with Crippen LogP contribution in [0.25, 0.3) is 0 Å². The first kappa shape index (κ1) is 17.8. The monoisotopic (exact) mass is 346 g/mol. The van der Waals surface area contributed by atoms with Gasteiger partial charge in [-0.05, 0) is 73.0 Å². The summed E-state index contributed by atoms with van der Waals surface area (Å²) >= 11 is 0. The molecule has 2 saturated carbocycles. The van der Waals surface area contributed by atoms with E-state index in [0.29, 0.717) is 0 Å². The second-order valence-electron chi connectivity index (χ2n) is 8.86. The maximum atomic E-state index is 2.41. The van der Waals surface area contributed by atoms with Gasteiger partial charge in [0.2, 0.25) is 0 Å². The lowest BCUT2D eigenvalue weighted by atomic mass is 9.73. The summed E-state index contributed by atoms with van der Waals surface area (Å²) in [5.41, 5.74) is 4.42. The molecular formula is C26H34. The molecule has 0 aromatic heterocycles. The quantitative estimate of drug-likeness (QED) is 0.525. The Hall–Kier alpha value is -1.56. The van der Waals surface area contributed by atoms with Crippen molar-refractivity contribution >= 4 is 0 Å². The van der Waals surface area contributed by atoms with Crippen LogP contribution in [0.3, 0.4) is 0 Å². The first-order valence-corrected chi connectivity index (χ1v) is 11.0. The van der Waals surface area contributed by atoms with Gasteiger partial charge in [-0.1, -0.05) is 86.7 Å². The molecule has 0 N–H and O–H groups in total. The summed E-state index contributed by atoms with van der Waals surface area (Å²) < 4.78 is 0. The van der Waals surface area contributed by atoms with Crippen LogP contribution in [0, 0.1) is 11.8 Å². The van der Waals surface area contributed by atoms with Crippen molar-refractivity contribution in [1.82, 2.24) is 0 Å². The lowest BCUT2D eigenvalue weighted by molar-refractivity contribution is 0.233. The molecule has 0 amide bonds. The highest BCUT2D eigenvalue weighted by Gasteiger charge is 2.25. The Bertz CT molecular complexity index is 640. The molecule has 0 bridgehead atoms. The van der Waals surface area contributed by atoms with Gasteiger partial charge in [0, 0.05) is 0 Å². The third kappa shape index (κ3) is 4.78. The maximum absolute atomic E-state index is 2.41. The van der Waals surface area contributed by atoms with Crippen LogP contribution in [-0.4, -0.2) is 0 Å². The highest BCUT2D eigenvalue weighted by atomic mass is 14.3. The van der Waals surface area contributed by atoms with Gasteiger partial charge in [0.05, 0.1) is 0 Å². The van der Waals surface area contributed by atoms with Gasteiger partial charge in [0.15, 0.2) is 0 Å². The fraction of sp³-hybridized carbons (Fsp3) is 0.538. The minimum atomic E-state index is 0.809. The summed E-state index contributed by atoms with van der Waals surface area (Å²) in [6, 6.07) is 20.3. The van der Waals surface area contributed by atoms with Crippen LogP contribution in [0.5, 0.6) is 0 Å². The molecule has 0 heteroatoms. The van der Waals surface area contributed by atoms with Crippen molar-refractivity contribution in [2.24, 2.45) is 11.8 Å². The molecule has 2 fully saturated rings. The van der Waals surface area contributed by atoms with Gasteiger partial charge in [-0.25, -0.2) is 0 Å². The minimum Gasteiger partial charge on any atom is -0.0622 e. The Labute approximate surface area is 160 Å².